The molecule has 0 aliphatic rings. The number of aromatic hydroxyl groups is 1. The van der Waals surface area contributed by atoms with Gasteiger partial charge in [-0.1, -0.05) is 30.3 Å². The first-order valence-corrected chi connectivity index (χ1v) is 5.74. The Bertz CT molecular complexity index is 444. The van der Waals surface area contributed by atoms with Crippen molar-refractivity contribution in [2.75, 3.05) is 11.9 Å². The van der Waals surface area contributed by atoms with Crippen LogP contribution < -0.4 is 5.32 Å². The number of aromatic nitrogens is 1. The maximum absolute atomic E-state index is 9.30. The van der Waals surface area contributed by atoms with Gasteiger partial charge < -0.3 is 15.5 Å². The van der Waals surface area contributed by atoms with E-state index in [-0.39, 0.29) is 18.5 Å². The first-order chi connectivity index (χ1) is 7.79. The van der Waals surface area contributed by atoms with Gasteiger partial charge in [0.1, 0.15) is 0 Å². The van der Waals surface area contributed by atoms with E-state index in [1.165, 1.54) is 11.3 Å². The molecule has 1 unspecified atom stereocenters. The van der Waals surface area contributed by atoms with Gasteiger partial charge in [-0.25, -0.2) is 0 Å². The zero-order valence-electron chi connectivity index (χ0n) is 8.50. The van der Waals surface area contributed by atoms with E-state index in [1.807, 2.05) is 30.3 Å². The molecule has 0 saturated heterocycles. The van der Waals surface area contributed by atoms with E-state index in [2.05, 4.69) is 10.3 Å². The van der Waals surface area contributed by atoms with E-state index in [0.717, 1.165) is 5.56 Å². The summed E-state index contributed by atoms with van der Waals surface area (Å²) in [5.41, 5.74) is 0.986. The van der Waals surface area contributed by atoms with Gasteiger partial charge in [-0.3, -0.25) is 0 Å². The van der Waals surface area contributed by atoms with Gasteiger partial charge in [0.15, 0.2) is 5.13 Å². The van der Waals surface area contributed by atoms with Gasteiger partial charge in [0.2, 0.25) is 5.88 Å². The van der Waals surface area contributed by atoms with Gasteiger partial charge in [0.05, 0.1) is 18.0 Å². The first-order valence-electron chi connectivity index (χ1n) is 4.86. The molecule has 4 nitrogen and oxygen atoms in total. The number of anilines is 1. The predicted molar refractivity (Wildman–Crippen MR) is 63.7 cm³/mol. The van der Waals surface area contributed by atoms with Gasteiger partial charge in [0.25, 0.3) is 0 Å². The molecule has 0 aliphatic carbocycles. The van der Waals surface area contributed by atoms with Crippen LogP contribution in [0.5, 0.6) is 5.88 Å². The number of hydrogen-bond acceptors (Lipinski definition) is 5. The lowest BCUT2D eigenvalue weighted by Gasteiger charge is -2.15. The highest BCUT2D eigenvalue weighted by molar-refractivity contribution is 7.13. The molecule has 2 aromatic rings. The number of thiazole rings is 1. The molecule has 84 valence electrons. The summed E-state index contributed by atoms with van der Waals surface area (Å²) < 4.78 is 0. The van der Waals surface area contributed by atoms with Crippen molar-refractivity contribution >= 4 is 16.5 Å². The molecule has 1 aromatic heterocycles. The highest BCUT2D eigenvalue weighted by Gasteiger charge is 2.11. The molecule has 0 bridgehead atoms. The third-order valence-electron chi connectivity index (χ3n) is 2.17. The lowest BCUT2D eigenvalue weighted by Crippen LogP contribution is -2.14. The van der Waals surface area contributed by atoms with Crippen molar-refractivity contribution in [1.29, 1.82) is 0 Å². The van der Waals surface area contributed by atoms with E-state index in [1.54, 1.807) is 5.38 Å². The molecule has 0 fully saturated rings. The topological polar surface area (TPSA) is 65.4 Å². The lowest BCUT2D eigenvalue weighted by atomic mass is 10.1. The molecule has 0 spiro atoms. The van der Waals surface area contributed by atoms with Crippen LogP contribution in [-0.4, -0.2) is 21.8 Å². The Morgan fingerprint density at radius 1 is 1.31 bits per heavy atom. The summed E-state index contributed by atoms with van der Waals surface area (Å²) >= 11 is 1.30. The van der Waals surface area contributed by atoms with Gasteiger partial charge in [-0.05, 0) is 5.56 Å². The number of nitrogens with zero attached hydrogens (tertiary/aromatic N) is 1. The van der Waals surface area contributed by atoms with Crippen LogP contribution in [0, 0.1) is 0 Å². The van der Waals surface area contributed by atoms with Crippen molar-refractivity contribution in [3.63, 3.8) is 0 Å². The molecule has 0 saturated carbocycles. The van der Waals surface area contributed by atoms with Gasteiger partial charge in [0, 0.05) is 0 Å². The molecule has 2 rings (SSSR count). The van der Waals surface area contributed by atoms with Crippen molar-refractivity contribution in [3.8, 4) is 5.88 Å². The van der Waals surface area contributed by atoms with E-state index in [4.69, 9.17) is 5.11 Å². The molecule has 1 atom stereocenters. The molecule has 16 heavy (non-hydrogen) atoms. The Morgan fingerprint density at radius 3 is 2.62 bits per heavy atom. The Hall–Kier alpha value is -1.59. The van der Waals surface area contributed by atoms with Crippen LogP contribution in [0.25, 0.3) is 0 Å². The summed E-state index contributed by atoms with van der Waals surface area (Å²) in [6.07, 6.45) is 0. The summed E-state index contributed by atoms with van der Waals surface area (Å²) in [6.45, 7) is -0.0235. The average Bonchev–Trinajstić information content (AvgIpc) is 2.73. The zero-order chi connectivity index (χ0) is 11.4. The maximum Gasteiger partial charge on any atom is 0.223 e. The summed E-state index contributed by atoms with van der Waals surface area (Å²) in [4.78, 5) is 3.88. The average molecular weight is 236 g/mol. The number of aliphatic hydroxyl groups excluding tert-OH is 1. The second-order valence-electron chi connectivity index (χ2n) is 3.30. The monoisotopic (exact) mass is 236 g/mol. The van der Waals surface area contributed by atoms with E-state index < -0.39 is 0 Å². The Kier molecular flexibility index (Phi) is 3.38. The predicted octanol–water partition coefficient (Wildman–Crippen LogP) is 1.99. The van der Waals surface area contributed by atoms with Gasteiger partial charge >= 0.3 is 0 Å². The zero-order valence-corrected chi connectivity index (χ0v) is 9.31. The third-order valence-corrected chi connectivity index (χ3v) is 2.94. The summed E-state index contributed by atoms with van der Waals surface area (Å²) in [5, 5.41) is 23.6. The molecule has 1 aromatic carbocycles. The van der Waals surface area contributed by atoms with Crippen LogP contribution >= 0.6 is 11.3 Å². The Balaban J connectivity index is 2.12. The SMILES string of the molecule is OCC(Nc1nc(O)cs1)c1ccccc1. The fourth-order valence-electron chi connectivity index (χ4n) is 1.40. The second-order valence-corrected chi connectivity index (χ2v) is 4.16. The van der Waals surface area contributed by atoms with E-state index >= 15 is 0 Å². The van der Waals surface area contributed by atoms with Crippen molar-refractivity contribution in [2.24, 2.45) is 0 Å². The molecular weight excluding hydrogens is 224 g/mol. The molecule has 0 aliphatic heterocycles. The summed E-state index contributed by atoms with van der Waals surface area (Å²) in [7, 11) is 0. The van der Waals surface area contributed by atoms with Crippen LogP contribution in [0.3, 0.4) is 0 Å². The second kappa shape index (κ2) is 4.96. The van der Waals surface area contributed by atoms with Crippen LogP contribution in [0.15, 0.2) is 35.7 Å². The highest BCUT2D eigenvalue weighted by Crippen LogP contribution is 2.24. The van der Waals surface area contributed by atoms with Crippen LogP contribution in [-0.2, 0) is 0 Å². The third kappa shape index (κ3) is 2.50. The normalized spacial score (nSPS) is 12.3. The fraction of sp³-hybridized carbons (Fsp3) is 0.182. The van der Waals surface area contributed by atoms with Crippen molar-refractivity contribution in [3.05, 3.63) is 41.3 Å². The van der Waals surface area contributed by atoms with Crippen molar-refractivity contribution < 1.29 is 10.2 Å². The minimum Gasteiger partial charge on any atom is -0.493 e. The largest absolute Gasteiger partial charge is 0.493 e. The summed E-state index contributed by atoms with van der Waals surface area (Å²) in [5.74, 6) is -0.00254. The smallest absolute Gasteiger partial charge is 0.223 e. The number of rotatable bonds is 4. The Morgan fingerprint density at radius 2 is 2.06 bits per heavy atom. The number of aliphatic hydroxyl groups is 1. The lowest BCUT2D eigenvalue weighted by molar-refractivity contribution is 0.276. The molecule has 1 heterocycles. The van der Waals surface area contributed by atoms with Gasteiger partial charge in [-0.2, -0.15) is 4.98 Å². The van der Waals surface area contributed by atoms with Gasteiger partial charge in [-0.15, -0.1) is 11.3 Å². The van der Waals surface area contributed by atoms with E-state index in [0.29, 0.717) is 5.13 Å². The van der Waals surface area contributed by atoms with Crippen molar-refractivity contribution in [1.82, 2.24) is 4.98 Å². The minimum absolute atomic E-state index is 0.00254. The standard InChI is InChI=1S/C11H12N2O2S/c14-6-9(8-4-2-1-3-5-8)12-11-13-10(15)7-16-11/h1-5,7,9,14-15H,6H2,(H,12,13). The van der Waals surface area contributed by atoms with Crippen LogP contribution in [0.1, 0.15) is 11.6 Å². The van der Waals surface area contributed by atoms with Crippen LogP contribution in [0.4, 0.5) is 5.13 Å². The van der Waals surface area contributed by atoms with E-state index in [9.17, 15) is 5.11 Å². The van der Waals surface area contributed by atoms with Crippen LogP contribution in [0.2, 0.25) is 0 Å². The molecular formula is C11H12N2O2S. The Labute approximate surface area is 97.2 Å². The fourth-order valence-corrected chi connectivity index (χ4v) is 2.03. The summed E-state index contributed by atoms with van der Waals surface area (Å²) in [6, 6.07) is 9.42. The number of hydrogen-bond donors (Lipinski definition) is 3. The quantitative estimate of drug-likeness (QED) is 0.759. The highest BCUT2D eigenvalue weighted by atomic mass is 32.1. The minimum atomic E-state index is -0.202. The maximum atomic E-state index is 9.30. The number of benzene rings is 1. The molecule has 0 radical (unpaired) electrons. The number of nitrogens with one attached hydrogen (secondary N) is 1. The molecule has 0 amide bonds. The molecule has 3 N–H and O–H groups in total. The molecule has 5 heteroatoms. The van der Waals surface area contributed by atoms with Crippen molar-refractivity contribution in [2.45, 2.75) is 6.04 Å². The first kappa shape index (κ1) is 10.9.